The maximum atomic E-state index is 12.9. The van der Waals surface area contributed by atoms with Crippen LogP contribution in [-0.4, -0.2) is 28.3 Å². The fourth-order valence-corrected chi connectivity index (χ4v) is 5.04. The molecule has 4 rings (SSSR count). The molecule has 1 saturated heterocycles. The van der Waals surface area contributed by atoms with Gasteiger partial charge in [-0.2, -0.15) is 0 Å². The SMILES string of the molecule is CC[C@@H](C)c1ccc(OCCCOc2ccc(/C=C3/SC(=S)N(Cc4ccccc4)C3=O)cc2)cc1. The number of benzene rings is 3. The molecular weight excluding hydrogens is 486 g/mol. The van der Waals surface area contributed by atoms with Crippen LogP contribution in [0.2, 0.25) is 0 Å². The summed E-state index contributed by atoms with van der Waals surface area (Å²) in [6.45, 7) is 6.10. The van der Waals surface area contributed by atoms with Crippen molar-refractivity contribution in [2.75, 3.05) is 13.2 Å². The Morgan fingerprint density at radius 3 is 2.14 bits per heavy atom. The first-order valence-electron chi connectivity index (χ1n) is 12.3. The maximum absolute atomic E-state index is 12.9. The summed E-state index contributed by atoms with van der Waals surface area (Å²) in [6.07, 6.45) is 3.81. The predicted octanol–water partition coefficient (Wildman–Crippen LogP) is 7.45. The summed E-state index contributed by atoms with van der Waals surface area (Å²) in [5.41, 5.74) is 3.34. The van der Waals surface area contributed by atoms with Gasteiger partial charge in [-0.3, -0.25) is 9.69 Å². The maximum Gasteiger partial charge on any atom is 0.266 e. The molecule has 0 bridgehead atoms. The van der Waals surface area contributed by atoms with Gasteiger partial charge in [0, 0.05) is 6.42 Å². The molecule has 3 aromatic carbocycles. The third-order valence-corrected chi connectivity index (χ3v) is 7.50. The summed E-state index contributed by atoms with van der Waals surface area (Å²) in [5, 5.41) is 0. The fraction of sp³-hybridized carbons (Fsp3) is 0.267. The standard InChI is InChI=1S/C30H31NO3S2/c1-3-22(2)25-12-16-27(17-13-25)34-19-7-18-33-26-14-10-23(11-15-26)20-28-29(32)31(30(35)36-28)21-24-8-5-4-6-9-24/h4-6,8-17,20,22H,3,7,18-19,21H2,1-2H3/b28-20+/t22-/m1/s1. The molecule has 0 aliphatic carbocycles. The minimum Gasteiger partial charge on any atom is -0.493 e. The van der Waals surface area contributed by atoms with E-state index in [4.69, 9.17) is 21.7 Å². The molecule has 0 radical (unpaired) electrons. The predicted molar refractivity (Wildman–Crippen MR) is 152 cm³/mol. The largest absolute Gasteiger partial charge is 0.493 e. The minimum atomic E-state index is -0.0521. The van der Waals surface area contributed by atoms with Gasteiger partial charge in [-0.15, -0.1) is 0 Å². The van der Waals surface area contributed by atoms with Crippen LogP contribution in [0.25, 0.3) is 6.08 Å². The molecule has 0 aromatic heterocycles. The van der Waals surface area contributed by atoms with E-state index >= 15 is 0 Å². The summed E-state index contributed by atoms with van der Waals surface area (Å²) in [5.74, 6) is 2.20. The molecule has 1 amide bonds. The van der Waals surface area contributed by atoms with Crippen LogP contribution >= 0.6 is 24.0 Å². The Morgan fingerprint density at radius 1 is 0.917 bits per heavy atom. The topological polar surface area (TPSA) is 38.8 Å². The molecule has 1 fully saturated rings. The van der Waals surface area contributed by atoms with Gasteiger partial charge in [0.15, 0.2) is 0 Å². The summed E-state index contributed by atoms with van der Waals surface area (Å²) in [6, 6.07) is 26.0. The van der Waals surface area contributed by atoms with Gasteiger partial charge in [0.05, 0.1) is 24.7 Å². The van der Waals surface area contributed by atoms with E-state index in [0.717, 1.165) is 35.5 Å². The van der Waals surface area contributed by atoms with Gasteiger partial charge in [-0.25, -0.2) is 0 Å². The van der Waals surface area contributed by atoms with Crippen LogP contribution in [0.1, 0.15) is 49.3 Å². The third-order valence-electron chi connectivity index (χ3n) is 6.12. The number of nitrogens with zero attached hydrogens (tertiary/aromatic N) is 1. The summed E-state index contributed by atoms with van der Waals surface area (Å²) < 4.78 is 12.3. The number of carbonyl (C=O) groups is 1. The van der Waals surface area contributed by atoms with Gasteiger partial charge < -0.3 is 9.47 Å². The third kappa shape index (κ3) is 6.99. The molecule has 1 heterocycles. The number of thiocarbonyl (C=S) groups is 1. The van der Waals surface area contributed by atoms with E-state index in [2.05, 4.69) is 26.0 Å². The Labute approximate surface area is 223 Å². The summed E-state index contributed by atoms with van der Waals surface area (Å²) in [4.78, 5) is 15.2. The first-order valence-corrected chi connectivity index (χ1v) is 13.5. The highest BCUT2D eigenvalue weighted by Gasteiger charge is 2.31. The molecule has 1 aliphatic heterocycles. The van der Waals surface area contributed by atoms with Crippen molar-refractivity contribution in [2.45, 2.75) is 39.2 Å². The molecule has 0 saturated carbocycles. The molecule has 4 nitrogen and oxygen atoms in total. The number of amides is 1. The summed E-state index contributed by atoms with van der Waals surface area (Å²) >= 11 is 6.79. The van der Waals surface area contributed by atoms with Gasteiger partial charge in [0.1, 0.15) is 15.8 Å². The zero-order valence-corrected chi connectivity index (χ0v) is 22.3. The molecular formula is C30H31NO3S2. The van der Waals surface area contributed by atoms with Crippen molar-refractivity contribution in [3.63, 3.8) is 0 Å². The lowest BCUT2D eigenvalue weighted by molar-refractivity contribution is -0.122. The second-order valence-corrected chi connectivity index (χ2v) is 10.4. The first kappa shape index (κ1) is 26.0. The molecule has 0 unspecified atom stereocenters. The number of ether oxygens (including phenoxy) is 2. The number of hydrogen-bond donors (Lipinski definition) is 0. The van der Waals surface area contributed by atoms with Gasteiger partial charge >= 0.3 is 0 Å². The van der Waals surface area contributed by atoms with Gasteiger partial charge in [-0.1, -0.05) is 92.4 Å². The minimum absolute atomic E-state index is 0.0521. The Bertz CT molecular complexity index is 1190. The lowest BCUT2D eigenvalue weighted by atomic mass is 9.99. The quantitative estimate of drug-likeness (QED) is 0.150. The number of thioether (sulfide) groups is 1. The summed E-state index contributed by atoms with van der Waals surface area (Å²) in [7, 11) is 0. The molecule has 6 heteroatoms. The van der Waals surface area contributed by atoms with E-state index in [-0.39, 0.29) is 5.91 Å². The molecule has 1 atom stereocenters. The van der Waals surface area contributed by atoms with E-state index in [1.165, 1.54) is 17.3 Å². The van der Waals surface area contributed by atoms with Crippen LogP contribution in [0.4, 0.5) is 0 Å². The van der Waals surface area contributed by atoms with Crippen LogP contribution < -0.4 is 9.47 Å². The zero-order chi connectivity index (χ0) is 25.3. The van der Waals surface area contributed by atoms with E-state index in [1.54, 1.807) is 4.90 Å². The smallest absolute Gasteiger partial charge is 0.266 e. The Morgan fingerprint density at radius 2 is 1.53 bits per heavy atom. The van der Waals surface area contributed by atoms with E-state index in [9.17, 15) is 4.79 Å². The van der Waals surface area contributed by atoms with Crippen molar-refractivity contribution < 1.29 is 14.3 Å². The second-order valence-electron chi connectivity index (χ2n) is 8.75. The van der Waals surface area contributed by atoms with Crippen molar-refractivity contribution in [1.29, 1.82) is 0 Å². The van der Waals surface area contributed by atoms with Crippen molar-refractivity contribution in [3.8, 4) is 11.5 Å². The highest BCUT2D eigenvalue weighted by molar-refractivity contribution is 8.26. The number of hydrogen-bond acceptors (Lipinski definition) is 5. The molecule has 0 spiro atoms. The van der Waals surface area contributed by atoms with Crippen molar-refractivity contribution in [2.24, 2.45) is 0 Å². The van der Waals surface area contributed by atoms with Gasteiger partial charge in [-0.05, 0) is 59.4 Å². The highest BCUT2D eigenvalue weighted by atomic mass is 32.2. The van der Waals surface area contributed by atoms with Crippen LogP contribution in [0, 0.1) is 0 Å². The number of carbonyl (C=O) groups excluding carboxylic acids is 1. The molecule has 3 aromatic rings. The van der Waals surface area contributed by atoms with E-state index < -0.39 is 0 Å². The average molecular weight is 518 g/mol. The lowest BCUT2D eigenvalue weighted by Gasteiger charge is -2.14. The van der Waals surface area contributed by atoms with Crippen molar-refractivity contribution >= 4 is 40.3 Å². The van der Waals surface area contributed by atoms with Crippen LogP contribution in [0.15, 0.2) is 83.8 Å². The average Bonchev–Trinajstić information content (AvgIpc) is 3.17. The van der Waals surface area contributed by atoms with Gasteiger partial charge in [0.25, 0.3) is 5.91 Å². The molecule has 1 aliphatic rings. The first-order chi connectivity index (χ1) is 17.5. The number of rotatable bonds is 11. The van der Waals surface area contributed by atoms with E-state index in [0.29, 0.717) is 34.9 Å². The lowest BCUT2D eigenvalue weighted by Crippen LogP contribution is -2.27. The highest BCUT2D eigenvalue weighted by Crippen LogP contribution is 2.33. The van der Waals surface area contributed by atoms with Crippen LogP contribution in [0.3, 0.4) is 0 Å². The fourth-order valence-electron chi connectivity index (χ4n) is 3.78. The van der Waals surface area contributed by atoms with Crippen LogP contribution in [0.5, 0.6) is 11.5 Å². The zero-order valence-electron chi connectivity index (χ0n) is 20.7. The Balaban J connectivity index is 1.22. The molecule has 0 N–H and O–H groups in total. The van der Waals surface area contributed by atoms with Crippen LogP contribution in [-0.2, 0) is 11.3 Å². The van der Waals surface area contributed by atoms with Gasteiger partial charge in [0.2, 0.25) is 0 Å². The van der Waals surface area contributed by atoms with Crippen molar-refractivity contribution in [1.82, 2.24) is 4.90 Å². The molecule has 186 valence electrons. The second kappa shape index (κ2) is 12.7. The van der Waals surface area contributed by atoms with E-state index in [1.807, 2.05) is 72.8 Å². The molecule has 36 heavy (non-hydrogen) atoms. The Hall–Kier alpha value is -3.09. The normalized spacial score (nSPS) is 15.4. The Kier molecular flexibility index (Phi) is 9.20. The van der Waals surface area contributed by atoms with Crippen molar-refractivity contribution in [3.05, 3.63) is 100 Å². The monoisotopic (exact) mass is 517 g/mol.